The van der Waals surface area contributed by atoms with E-state index in [1.165, 1.54) is 0 Å². The molecule has 0 fully saturated rings. The number of anilines is 1. The second-order valence-electron chi connectivity index (χ2n) is 6.96. The molecule has 1 aromatic heterocycles. The first-order valence-corrected chi connectivity index (χ1v) is 10.4. The molecule has 0 aliphatic rings. The lowest BCUT2D eigenvalue weighted by Gasteiger charge is -2.21. The number of carbonyl (C=O) groups is 2. The van der Waals surface area contributed by atoms with Crippen LogP contribution >= 0.6 is 0 Å². The van der Waals surface area contributed by atoms with E-state index in [4.69, 9.17) is 4.42 Å². The van der Waals surface area contributed by atoms with Gasteiger partial charge >= 0.3 is 0 Å². The summed E-state index contributed by atoms with van der Waals surface area (Å²) in [5.41, 5.74) is 7.41. The Kier molecular flexibility index (Phi) is 7.84. The fourth-order valence-corrected chi connectivity index (χ4v) is 3.33. The topological polar surface area (TPSA) is 86.6 Å². The minimum atomic E-state index is -0.370. The summed E-state index contributed by atoms with van der Waals surface area (Å²) < 4.78 is 5.51. The smallest absolute Gasteiger partial charge is 0.269 e. The fraction of sp³-hybridized carbons (Fsp3) is 0.250. The summed E-state index contributed by atoms with van der Waals surface area (Å²) in [6.07, 6.45) is 1.60. The zero-order chi connectivity index (χ0) is 22.1. The van der Waals surface area contributed by atoms with Crippen LogP contribution < -0.4 is 21.1 Å². The molecule has 2 aromatic carbocycles. The monoisotopic (exact) mass is 420 g/mol. The van der Waals surface area contributed by atoms with Crippen LogP contribution in [0.25, 0.3) is 0 Å². The van der Waals surface area contributed by atoms with Crippen molar-refractivity contribution in [3.05, 3.63) is 89.9 Å². The minimum Gasteiger partial charge on any atom is -0.467 e. The van der Waals surface area contributed by atoms with Crippen molar-refractivity contribution in [2.24, 2.45) is 0 Å². The van der Waals surface area contributed by atoms with Crippen LogP contribution in [0, 0.1) is 0 Å². The van der Waals surface area contributed by atoms with Gasteiger partial charge in [-0.2, -0.15) is 0 Å². The van der Waals surface area contributed by atoms with Crippen molar-refractivity contribution in [2.75, 3.05) is 24.5 Å². The lowest BCUT2D eigenvalue weighted by molar-refractivity contribution is -0.121. The fourth-order valence-electron chi connectivity index (χ4n) is 3.33. The predicted molar refractivity (Wildman–Crippen MR) is 121 cm³/mol. The van der Waals surface area contributed by atoms with Crippen molar-refractivity contribution in [3.8, 4) is 0 Å². The molecule has 0 saturated heterocycles. The average Bonchev–Trinajstić information content (AvgIpc) is 3.34. The maximum atomic E-state index is 12.3. The molecule has 3 N–H and O–H groups in total. The predicted octanol–water partition coefficient (Wildman–Crippen LogP) is 3.27. The highest BCUT2D eigenvalue weighted by Gasteiger charge is 2.17. The molecule has 1 heterocycles. The van der Waals surface area contributed by atoms with Crippen LogP contribution in [0.2, 0.25) is 0 Å². The molecule has 0 unspecified atom stereocenters. The summed E-state index contributed by atoms with van der Waals surface area (Å²) in [6.45, 7) is 5.96. The van der Waals surface area contributed by atoms with Gasteiger partial charge < -0.3 is 9.32 Å². The third-order valence-corrected chi connectivity index (χ3v) is 5.00. The maximum Gasteiger partial charge on any atom is 0.269 e. The van der Waals surface area contributed by atoms with Crippen molar-refractivity contribution in [1.29, 1.82) is 0 Å². The van der Waals surface area contributed by atoms with Gasteiger partial charge in [0.1, 0.15) is 5.76 Å². The first-order chi connectivity index (χ1) is 15.1. The Morgan fingerprint density at radius 1 is 0.903 bits per heavy atom. The van der Waals surface area contributed by atoms with Gasteiger partial charge in [-0.25, -0.2) is 0 Å². The molecular weight excluding hydrogens is 392 g/mol. The summed E-state index contributed by atoms with van der Waals surface area (Å²) >= 11 is 0. The summed E-state index contributed by atoms with van der Waals surface area (Å²) in [6, 6.07) is 20.4. The lowest BCUT2D eigenvalue weighted by Crippen LogP contribution is -2.46. The molecular formula is C24H28N4O3. The lowest BCUT2D eigenvalue weighted by atomic mass is 10.0. The summed E-state index contributed by atoms with van der Waals surface area (Å²) in [5.74, 6) is -0.0259. The first-order valence-electron chi connectivity index (χ1n) is 10.4. The van der Waals surface area contributed by atoms with Crippen LogP contribution in [0.4, 0.5) is 5.69 Å². The van der Waals surface area contributed by atoms with Crippen LogP contribution in [0.5, 0.6) is 0 Å². The quantitative estimate of drug-likeness (QED) is 0.463. The first kappa shape index (κ1) is 22.1. The van der Waals surface area contributed by atoms with E-state index in [0.717, 1.165) is 24.3 Å². The molecule has 0 aliphatic carbocycles. The molecule has 31 heavy (non-hydrogen) atoms. The number of hydrogen-bond donors (Lipinski definition) is 3. The summed E-state index contributed by atoms with van der Waals surface area (Å²) in [5, 5.41) is 3.17. The van der Waals surface area contributed by atoms with Gasteiger partial charge in [0, 0.05) is 24.3 Å². The second kappa shape index (κ2) is 11.0. The Morgan fingerprint density at radius 2 is 1.61 bits per heavy atom. The van der Waals surface area contributed by atoms with Gasteiger partial charge in [0.2, 0.25) is 0 Å². The number of nitrogens with zero attached hydrogens (tertiary/aromatic N) is 1. The normalized spacial score (nSPS) is 11.5. The van der Waals surface area contributed by atoms with E-state index in [2.05, 4.69) is 34.9 Å². The molecule has 0 bridgehead atoms. The molecule has 0 aliphatic heterocycles. The molecule has 0 spiro atoms. The minimum absolute atomic E-state index is 0.00143. The Hall–Kier alpha value is -3.58. The van der Waals surface area contributed by atoms with Crippen molar-refractivity contribution < 1.29 is 14.0 Å². The number of rotatable bonds is 9. The van der Waals surface area contributed by atoms with E-state index in [0.29, 0.717) is 11.3 Å². The van der Waals surface area contributed by atoms with Gasteiger partial charge in [0.05, 0.1) is 18.8 Å². The Morgan fingerprint density at radius 3 is 2.23 bits per heavy atom. The summed E-state index contributed by atoms with van der Waals surface area (Å²) in [7, 11) is 0. The van der Waals surface area contributed by atoms with E-state index in [1.807, 2.05) is 48.5 Å². The molecule has 1 atom stereocenters. The highest BCUT2D eigenvalue weighted by atomic mass is 16.3. The second-order valence-corrected chi connectivity index (χ2v) is 6.96. The van der Waals surface area contributed by atoms with Gasteiger partial charge in [-0.15, -0.1) is 0 Å². The molecule has 162 valence electrons. The molecule has 3 aromatic rings. The molecule has 7 heteroatoms. The van der Waals surface area contributed by atoms with E-state index < -0.39 is 0 Å². The van der Waals surface area contributed by atoms with Crippen LogP contribution in [-0.2, 0) is 4.79 Å². The van der Waals surface area contributed by atoms with Crippen LogP contribution in [-0.4, -0.2) is 31.4 Å². The highest BCUT2D eigenvalue weighted by Crippen LogP contribution is 2.22. The Balaban J connectivity index is 1.53. The largest absolute Gasteiger partial charge is 0.467 e. The van der Waals surface area contributed by atoms with E-state index in [-0.39, 0.29) is 24.4 Å². The molecule has 2 amide bonds. The van der Waals surface area contributed by atoms with Crippen LogP contribution in [0.1, 0.15) is 41.6 Å². The van der Waals surface area contributed by atoms with Crippen LogP contribution in [0.3, 0.4) is 0 Å². The molecule has 0 radical (unpaired) electrons. The van der Waals surface area contributed by atoms with E-state index >= 15 is 0 Å². The number of furan rings is 1. The number of carbonyl (C=O) groups excluding carboxylic acids is 2. The number of benzene rings is 2. The van der Waals surface area contributed by atoms with Crippen molar-refractivity contribution in [2.45, 2.75) is 19.9 Å². The van der Waals surface area contributed by atoms with Gasteiger partial charge in [-0.3, -0.25) is 25.8 Å². The zero-order valence-electron chi connectivity index (χ0n) is 17.8. The van der Waals surface area contributed by atoms with Crippen molar-refractivity contribution >= 4 is 17.5 Å². The van der Waals surface area contributed by atoms with Gasteiger partial charge in [-0.1, -0.05) is 30.3 Å². The SMILES string of the molecule is CCN(CC)c1ccc(C(=O)NNC(=O)CN[C@H](c2ccccc2)c2ccco2)cc1. The molecule has 3 rings (SSSR count). The number of amides is 2. The van der Waals surface area contributed by atoms with Crippen LogP contribution in [0.15, 0.2) is 77.4 Å². The standard InChI is InChI=1S/C24H28N4O3/c1-3-28(4-2)20-14-12-19(13-15-20)24(30)27-26-22(29)17-25-23(21-11-8-16-31-21)18-9-6-5-7-10-18/h5-16,23,25H,3-4,17H2,1-2H3,(H,26,29)(H,27,30)/t23-/m1/s1. The van der Waals surface area contributed by atoms with Gasteiger partial charge in [-0.05, 0) is 55.8 Å². The van der Waals surface area contributed by atoms with E-state index in [9.17, 15) is 9.59 Å². The van der Waals surface area contributed by atoms with E-state index in [1.54, 1.807) is 24.5 Å². The van der Waals surface area contributed by atoms with Crippen molar-refractivity contribution in [1.82, 2.24) is 16.2 Å². The summed E-state index contributed by atoms with van der Waals surface area (Å²) in [4.78, 5) is 26.8. The van der Waals surface area contributed by atoms with Gasteiger partial charge in [0.15, 0.2) is 0 Å². The number of nitrogens with one attached hydrogen (secondary N) is 3. The maximum absolute atomic E-state index is 12.3. The zero-order valence-corrected chi connectivity index (χ0v) is 17.8. The Labute approximate surface area is 182 Å². The average molecular weight is 421 g/mol. The number of hydrazine groups is 1. The third-order valence-electron chi connectivity index (χ3n) is 5.00. The highest BCUT2D eigenvalue weighted by molar-refractivity contribution is 5.95. The Bertz CT molecular complexity index is 952. The molecule has 0 saturated carbocycles. The van der Waals surface area contributed by atoms with Crippen molar-refractivity contribution in [3.63, 3.8) is 0 Å². The third kappa shape index (κ3) is 5.96. The number of hydrogen-bond acceptors (Lipinski definition) is 5. The molecule has 7 nitrogen and oxygen atoms in total. The van der Waals surface area contributed by atoms with Gasteiger partial charge in [0.25, 0.3) is 11.8 Å².